The van der Waals surface area contributed by atoms with Gasteiger partial charge in [-0.05, 0) is 12.1 Å². The number of pyridine rings is 2. The SMILES string of the molecule is COC(=O)c1nc(-c2ccnc(OC)c2)cc(N)c1Cl. The summed E-state index contributed by atoms with van der Waals surface area (Å²) in [6.07, 6.45) is 1.57. The molecule has 0 aliphatic carbocycles. The molecule has 2 aromatic rings. The van der Waals surface area contributed by atoms with Gasteiger partial charge in [0.25, 0.3) is 0 Å². The van der Waals surface area contributed by atoms with Gasteiger partial charge in [0.1, 0.15) is 0 Å². The Kier molecular flexibility index (Phi) is 4.05. The van der Waals surface area contributed by atoms with Crippen LogP contribution in [0, 0.1) is 0 Å². The van der Waals surface area contributed by atoms with Gasteiger partial charge in [0.2, 0.25) is 5.88 Å². The minimum Gasteiger partial charge on any atom is -0.481 e. The summed E-state index contributed by atoms with van der Waals surface area (Å²) in [4.78, 5) is 19.8. The molecule has 20 heavy (non-hydrogen) atoms. The standard InChI is InChI=1S/C13H12ClN3O3/c1-19-10-5-7(3-4-16-10)9-6-8(15)11(14)12(17-9)13(18)20-2/h3-6H,1-2H3,(H2,15,17). The molecule has 0 aliphatic rings. The van der Waals surface area contributed by atoms with Gasteiger partial charge in [-0.25, -0.2) is 14.8 Å². The highest BCUT2D eigenvalue weighted by Crippen LogP contribution is 2.29. The number of nitrogen functional groups attached to an aromatic ring is 1. The van der Waals surface area contributed by atoms with Crippen LogP contribution in [0.5, 0.6) is 5.88 Å². The molecular formula is C13H12ClN3O3. The molecule has 0 bridgehead atoms. The van der Waals surface area contributed by atoms with E-state index in [9.17, 15) is 4.79 Å². The van der Waals surface area contributed by atoms with Crippen LogP contribution in [-0.2, 0) is 4.74 Å². The number of rotatable bonds is 3. The molecule has 0 saturated carbocycles. The monoisotopic (exact) mass is 293 g/mol. The van der Waals surface area contributed by atoms with E-state index in [-0.39, 0.29) is 16.4 Å². The molecule has 7 heteroatoms. The lowest BCUT2D eigenvalue weighted by atomic mass is 10.1. The van der Waals surface area contributed by atoms with E-state index >= 15 is 0 Å². The van der Waals surface area contributed by atoms with Crippen LogP contribution in [0.3, 0.4) is 0 Å². The Hall–Kier alpha value is -2.34. The van der Waals surface area contributed by atoms with Crippen LogP contribution in [0.15, 0.2) is 24.4 Å². The van der Waals surface area contributed by atoms with E-state index in [1.807, 2.05) is 0 Å². The summed E-state index contributed by atoms with van der Waals surface area (Å²) in [7, 11) is 2.76. The number of anilines is 1. The van der Waals surface area contributed by atoms with Crippen LogP contribution in [0.1, 0.15) is 10.5 Å². The Morgan fingerprint density at radius 1 is 1.35 bits per heavy atom. The number of nitrogens with two attached hydrogens (primary N) is 1. The predicted molar refractivity (Wildman–Crippen MR) is 74.8 cm³/mol. The van der Waals surface area contributed by atoms with Crippen LogP contribution < -0.4 is 10.5 Å². The number of aromatic nitrogens is 2. The zero-order valence-corrected chi connectivity index (χ0v) is 11.6. The maximum absolute atomic E-state index is 11.6. The molecule has 104 valence electrons. The molecule has 0 aliphatic heterocycles. The van der Waals surface area contributed by atoms with Crippen molar-refractivity contribution in [3.8, 4) is 17.1 Å². The first kappa shape index (κ1) is 14.1. The molecule has 0 unspecified atom stereocenters. The van der Waals surface area contributed by atoms with Crippen LogP contribution in [0.4, 0.5) is 5.69 Å². The van der Waals surface area contributed by atoms with E-state index in [1.165, 1.54) is 14.2 Å². The minimum absolute atomic E-state index is 0.0278. The van der Waals surface area contributed by atoms with Gasteiger partial charge >= 0.3 is 5.97 Å². The Morgan fingerprint density at radius 3 is 2.75 bits per heavy atom. The van der Waals surface area contributed by atoms with E-state index in [2.05, 4.69) is 14.7 Å². The fourth-order valence-electron chi connectivity index (χ4n) is 1.61. The number of carbonyl (C=O) groups excluding carboxylic acids is 1. The van der Waals surface area contributed by atoms with E-state index < -0.39 is 5.97 Å². The summed E-state index contributed by atoms with van der Waals surface area (Å²) >= 11 is 5.96. The van der Waals surface area contributed by atoms with Gasteiger partial charge in [-0.1, -0.05) is 11.6 Å². The van der Waals surface area contributed by atoms with Crippen molar-refractivity contribution in [3.63, 3.8) is 0 Å². The second-order valence-corrected chi connectivity index (χ2v) is 4.22. The molecule has 6 nitrogen and oxygen atoms in total. The topological polar surface area (TPSA) is 87.3 Å². The van der Waals surface area contributed by atoms with Crippen molar-refractivity contribution in [3.05, 3.63) is 35.1 Å². The first-order valence-corrected chi connectivity index (χ1v) is 5.99. The zero-order chi connectivity index (χ0) is 14.7. The minimum atomic E-state index is -0.649. The fraction of sp³-hybridized carbons (Fsp3) is 0.154. The summed E-state index contributed by atoms with van der Waals surface area (Å²) < 4.78 is 9.67. The van der Waals surface area contributed by atoms with Crippen molar-refractivity contribution < 1.29 is 14.3 Å². The number of esters is 1. The highest BCUT2D eigenvalue weighted by atomic mass is 35.5. The van der Waals surface area contributed by atoms with Crippen LogP contribution >= 0.6 is 11.6 Å². The van der Waals surface area contributed by atoms with E-state index in [4.69, 9.17) is 22.1 Å². The maximum atomic E-state index is 11.6. The maximum Gasteiger partial charge on any atom is 0.358 e. The number of ether oxygens (including phenoxy) is 2. The average molecular weight is 294 g/mol. The van der Waals surface area contributed by atoms with Crippen molar-refractivity contribution in [1.82, 2.24) is 9.97 Å². The number of halogens is 1. The Bertz CT molecular complexity index is 661. The Labute approximate surface area is 120 Å². The number of carbonyl (C=O) groups is 1. The highest BCUT2D eigenvalue weighted by Gasteiger charge is 2.17. The molecular weight excluding hydrogens is 282 g/mol. The summed E-state index contributed by atoms with van der Waals surface area (Å²) in [5.74, 6) is -0.220. The summed E-state index contributed by atoms with van der Waals surface area (Å²) in [6.45, 7) is 0. The van der Waals surface area contributed by atoms with Crippen LogP contribution in [0.2, 0.25) is 5.02 Å². The lowest BCUT2D eigenvalue weighted by Crippen LogP contribution is -2.08. The smallest absolute Gasteiger partial charge is 0.358 e. The summed E-state index contributed by atoms with van der Waals surface area (Å²) in [5.41, 5.74) is 7.19. The van der Waals surface area contributed by atoms with Crippen molar-refractivity contribution in [1.29, 1.82) is 0 Å². The van der Waals surface area contributed by atoms with Crippen molar-refractivity contribution in [2.45, 2.75) is 0 Å². The number of methoxy groups -OCH3 is 2. The fourth-order valence-corrected chi connectivity index (χ4v) is 1.78. The zero-order valence-electron chi connectivity index (χ0n) is 10.9. The first-order valence-electron chi connectivity index (χ1n) is 5.61. The summed E-state index contributed by atoms with van der Waals surface area (Å²) in [6, 6.07) is 4.97. The average Bonchev–Trinajstić information content (AvgIpc) is 2.49. The van der Waals surface area contributed by atoms with Crippen molar-refractivity contribution in [2.24, 2.45) is 0 Å². The van der Waals surface area contributed by atoms with Gasteiger partial charge in [0.15, 0.2) is 5.69 Å². The van der Waals surface area contributed by atoms with Crippen LogP contribution in [0.25, 0.3) is 11.3 Å². The molecule has 0 saturated heterocycles. The lowest BCUT2D eigenvalue weighted by Gasteiger charge is -2.09. The van der Waals surface area contributed by atoms with E-state index in [0.29, 0.717) is 17.1 Å². The second kappa shape index (κ2) is 5.75. The third-order valence-corrected chi connectivity index (χ3v) is 3.00. The third kappa shape index (κ3) is 2.65. The van der Waals surface area contributed by atoms with Crippen molar-refractivity contribution in [2.75, 3.05) is 20.0 Å². The van der Waals surface area contributed by atoms with Crippen molar-refractivity contribution >= 4 is 23.3 Å². The van der Waals surface area contributed by atoms with Gasteiger partial charge in [-0.15, -0.1) is 0 Å². The van der Waals surface area contributed by atoms with Crippen LogP contribution in [-0.4, -0.2) is 30.2 Å². The van der Waals surface area contributed by atoms with Gasteiger partial charge < -0.3 is 15.2 Å². The molecule has 0 radical (unpaired) electrons. The third-order valence-electron chi connectivity index (χ3n) is 2.60. The quantitative estimate of drug-likeness (QED) is 0.873. The lowest BCUT2D eigenvalue weighted by molar-refractivity contribution is 0.0594. The molecule has 2 aromatic heterocycles. The second-order valence-electron chi connectivity index (χ2n) is 3.84. The number of hydrogen-bond donors (Lipinski definition) is 1. The normalized spacial score (nSPS) is 10.2. The molecule has 0 spiro atoms. The highest BCUT2D eigenvalue weighted by molar-refractivity contribution is 6.35. The van der Waals surface area contributed by atoms with E-state index in [0.717, 1.165) is 0 Å². The molecule has 2 rings (SSSR count). The molecule has 2 N–H and O–H groups in total. The molecule has 0 fully saturated rings. The number of nitrogens with zero attached hydrogens (tertiary/aromatic N) is 2. The van der Waals surface area contributed by atoms with Gasteiger partial charge in [0, 0.05) is 17.8 Å². The Morgan fingerprint density at radius 2 is 2.10 bits per heavy atom. The predicted octanol–water partition coefficient (Wildman–Crippen LogP) is 2.17. The van der Waals surface area contributed by atoms with Gasteiger partial charge in [0.05, 0.1) is 30.6 Å². The largest absolute Gasteiger partial charge is 0.481 e. The molecule has 0 amide bonds. The van der Waals surface area contributed by atoms with E-state index in [1.54, 1.807) is 24.4 Å². The number of hydrogen-bond acceptors (Lipinski definition) is 6. The first-order chi connectivity index (χ1) is 9.56. The Balaban J connectivity index is 2.57. The molecule has 2 heterocycles. The summed E-state index contributed by atoms with van der Waals surface area (Å²) in [5, 5.41) is 0.0709. The molecule has 0 aromatic carbocycles. The van der Waals surface area contributed by atoms with Gasteiger partial charge in [-0.3, -0.25) is 0 Å². The molecule has 0 atom stereocenters. The van der Waals surface area contributed by atoms with Gasteiger partial charge in [-0.2, -0.15) is 0 Å².